The van der Waals surface area contributed by atoms with Gasteiger partial charge in [-0.3, -0.25) is 4.79 Å². The number of aliphatic hydroxyl groups excluding tert-OH is 1. The number of hydrogen-bond acceptors (Lipinski definition) is 2. The van der Waals surface area contributed by atoms with E-state index in [1.807, 2.05) is 0 Å². The van der Waals surface area contributed by atoms with Crippen LogP contribution >= 0.6 is 0 Å². The molecular weight excluding hydrogens is 164 g/mol. The maximum Gasteiger partial charge on any atom is 0.142 e. The minimum atomic E-state index is -0.310. The molecule has 1 N–H and O–H groups in total. The third-order valence-corrected chi connectivity index (χ3v) is 1.85. The molecule has 0 aliphatic carbocycles. The van der Waals surface area contributed by atoms with Crippen molar-refractivity contribution in [2.45, 2.75) is 46.1 Å². The number of hydrogen-bond donors (Lipinski definition) is 1. The molecule has 0 aromatic heterocycles. The lowest BCUT2D eigenvalue weighted by Crippen LogP contribution is -2.12. The van der Waals surface area contributed by atoms with E-state index in [1.165, 1.54) is 6.08 Å². The van der Waals surface area contributed by atoms with Crippen molar-refractivity contribution in [1.29, 1.82) is 0 Å². The summed E-state index contributed by atoms with van der Waals surface area (Å²) in [7, 11) is 0. The van der Waals surface area contributed by atoms with Crippen LogP contribution in [0.3, 0.4) is 0 Å². The van der Waals surface area contributed by atoms with Crippen LogP contribution in [0.5, 0.6) is 0 Å². The first-order valence-corrected chi connectivity index (χ1v) is 4.74. The van der Waals surface area contributed by atoms with Crippen LogP contribution in [0.1, 0.15) is 40.0 Å². The van der Waals surface area contributed by atoms with Crippen molar-refractivity contribution < 1.29 is 9.90 Å². The van der Waals surface area contributed by atoms with Gasteiger partial charge >= 0.3 is 0 Å². The van der Waals surface area contributed by atoms with Gasteiger partial charge < -0.3 is 5.11 Å². The van der Waals surface area contributed by atoms with Gasteiger partial charge in [0.25, 0.3) is 0 Å². The van der Waals surface area contributed by atoms with Gasteiger partial charge in [-0.25, -0.2) is 0 Å². The molecule has 0 radical (unpaired) electrons. The normalized spacial score (nSPS) is 14.8. The summed E-state index contributed by atoms with van der Waals surface area (Å²) in [4.78, 5) is 9.94. The SMILES string of the molecule is CC(C)(C)CCC(O)C/C=C/C=O. The highest BCUT2D eigenvalue weighted by Crippen LogP contribution is 2.22. The Morgan fingerprint density at radius 1 is 1.38 bits per heavy atom. The van der Waals surface area contributed by atoms with Crippen molar-refractivity contribution in [3.8, 4) is 0 Å². The number of allylic oxidation sites excluding steroid dienone is 1. The zero-order chi connectivity index (χ0) is 10.3. The molecule has 1 atom stereocenters. The minimum absolute atomic E-state index is 0.273. The van der Waals surface area contributed by atoms with Crippen molar-refractivity contribution in [3.63, 3.8) is 0 Å². The van der Waals surface area contributed by atoms with Crippen LogP contribution in [0.25, 0.3) is 0 Å². The largest absolute Gasteiger partial charge is 0.393 e. The molecule has 0 aliphatic rings. The number of carbonyl (C=O) groups excluding carboxylic acids is 1. The van der Waals surface area contributed by atoms with E-state index in [4.69, 9.17) is 0 Å². The van der Waals surface area contributed by atoms with Gasteiger partial charge in [0, 0.05) is 0 Å². The molecule has 0 heterocycles. The van der Waals surface area contributed by atoms with Gasteiger partial charge in [-0.05, 0) is 30.8 Å². The Balaban J connectivity index is 3.57. The first kappa shape index (κ1) is 12.4. The molecule has 0 amide bonds. The summed E-state index contributed by atoms with van der Waals surface area (Å²) in [6.45, 7) is 6.46. The predicted molar refractivity (Wildman–Crippen MR) is 54.5 cm³/mol. The molecule has 2 heteroatoms. The van der Waals surface area contributed by atoms with Crippen molar-refractivity contribution in [3.05, 3.63) is 12.2 Å². The van der Waals surface area contributed by atoms with Crippen LogP contribution in [0.15, 0.2) is 12.2 Å². The third-order valence-electron chi connectivity index (χ3n) is 1.85. The minimum Gasteiger partial charge on any atom is -0.393 e. The Labute approximate surface area is 80.7 Å². The third kappa shape index (κ3) is 9.28. The molecule has 0 aliphatic heterocycles. The van der Waals surface area contributed by atoms with Gasteiger partial charge in [-0.1, -0.05) is 26.8 Å². The summed E-state index contributed by atoms with van der Waals surface area (Å²) < 4.78 is 0. The molecule has 13 heavy (non-hydrogen) atoms. The molecule has 76 valence electrons. The fraction of sp³-hybridized carbons (Fsp3) is 0.727. The molecule has 1 unspecified atom stereocenters. The highest BCUT2D eigenvalue weighted by atomic mass is 16.3. The van der Waals surface area contributed by atoms with Crippen molar-refractivity contribution in [1.82, 2.24) is 0 Å². The average molecular weight is 184 g/mol. The van der Waals surface area contributed by atoms with E-state index in [2.05, 4.69) is 20.8 Å². The number of aldehydes is 1. The van der Waals surface area contributed by atoms with E-state index in [0.29, 0.717) is 6.42 Å². The summed E-state index contributed by atoms with van der Waals surface area (Å²) in [6.07, 6.45) is 5.94. The van der Waals surface area contributed by atoms with Gasteiger partial charge in [0.1, 0.15) is 6.29 Å². The molecular formula is C11H20O2. The highest BCUT2D eigenvalue weighted by Gasteiger charge is 2.12. The van der Waals surface area contributed by atoms with Crippen LogP contribution in [0.2, 0.25) is 0 Å². The molecule has 0 saturated heterocycles. The van der Waals surface area contributed by atoms with Crippen LogP contribution in [-0.2, 0) is 4.79 Å². The van der Waals surface area contributed by atoms with Crippen LogP contribution in [-0.4, -0.2) is 17.5 Å². The number of carbonyl (C=O) groups is 1. The van der Waals surface area contributed by atoms with Gasteiger partial charge in [0.15, 0.2) is 0 Å². The number of rotatable bonds is 5. The maximum atomic E-state index is 9.94. The van der Waals surface area contributed by atoms with E-state index < -0.39 is 0 Å². The van der Waals surface area contributed by atoms with Gasteiger partial charge in [0.05, 0.1) is 6.10 Å². The topological polar surface area (TPSA) is 37.3 Å². The fourth-order valence-corrected chi connectivity index (χ4v) is 1.01. The van der Waals surface area contributed by atoms with E-state index in [9.17, 15) is 9.90 Å². The Hall–Kier alpha value is -0.630. The van der Waals surface area contributed by atoms with Crippen molar-refractivity contribution >= 4 is 6.29 Å². The molecule has 0 rings (SSSR count). The van der Waals surface area contributed by atoms with E-state index >= 15 is 0 Å². The summed E-state index contributed by atoms with van der Waals surface area (Å²) in [5.74, 6) is 0. The van der Waals surface area contributed by atoms with Crippen molar-refractivity contribution in [2.75, 3.05) is 0 Å². The molecule has 0 aromatic carbocycles. The fourth-order valence-electron chi connectivity index (χ4n) is 1.01. The molecule has 0 bridgehead atoms. The Morgan fingerprint density at radius 2 is 2.00 bits per heavy atom. The Morgan fingerprint density at radius 3 is 2.46 bits per heavy atom. The lowest BCUT2D eigenvalue weighted by molar-refractivity contribution is -0.104. The average Bonchev–Trinajstić information content (AvgIpc) is 2.00. The summed E-state index contributed by atoms with van der Waals surface area (Å²) >= 11 is 0. The summed E-state index contributed by atoms with van der Waals surface area (Å²) in [5, 5.41) is 9.47. The smallest absolute Gasteiger partial charge is 0.142 e. The number of aliphatic hydroxyl groups is 1. The summed E-state index contributed by atoms with van der Waals surface area (Å²) in [5.41, 5.74) is 0.273. The lowest BCUT2D eigenvalue weighted by Gasteiger charge is -2.19. The zero-order valence-electron chi connectivity index (χ0n) is 8.79. The maximum absolute atomic E-state index is 9.94. The van der Waals surface area contributed by atoms with Crippen LogP contribution in [0.4, 0.5) is 0 Å². The summed E-state index contributed by atoms with van der Waals surface area (Å²) in [6, 6.07) is 0. The van der Waals surface area contributed by atoms with Gasteiger partial charge in [0.2, 0.25) is 0 Å². The molecule has 0 saturated carbocycles. The first-order chi connectivity index (χ1) is 5.95. The Kier molecular flexibility index (Phi) is 5.63. The molecule has 0 spiro atoms. The second kappa shape index (κ2) is 5.92. The second-order valence-electron chi connectivity index (χ2n) is 4.55. The van der Waals surface area contributed by atoms with Crippen molar-refractivity contribution in [2.24, 2.45) is 5.41 Å². The lowest BCUT2D eigenvalue weighted by atomic mass is 9.89. The zero-order valence-corrected chi connectivity index (χ0v) is 8.79. The van der Waals surface area contributed by atoms with E-state index in [0.717, 1.165) is 19.1 Å². The van der Waals surface area contributed by atoms with Gasteiger partial charge in [-0.2, -0.15) is 0 Å². The molecule has 0 fully saturated rings. The first-order valence-electron chi connectivity index (χ1n) is 4.74. The molecule has 2 nitrogen and oxygen atoms in total. The molecule has 0 aromatic rings. The standard InChI is InChI=1S/C11H20O2/c1-11(2,3)8-7-10(13)6-4-5-9-12/h4-5,9-10,13H,6-8H2,1-3H3/b5-4+. The second-order valence-corrected chi connectivity index (χ2v) is 4.55. The Bertz CT molecular complexity index is 165. The predicted octanol–water partition coefficient (Wildman–Crippen LogP) is 2.32. The van der Waals surface area contributed by atoms with E-state index in [-0.39, 0.29) is 11.5 Å². The quantitative estimate of drug-likeness (QED) is 0.526. The van der Waals surface area contributed by atoms with E-state index in [1.54, 1.807) is 6.08 Å². The van der Waals surface area contributed by atoms with Crippen LogP contribution in [0, 0.1) is 5.41 Å². The van der Waals surface area contributed by atoms with Crippen LogP contribution < -0.4 is 0 Å². The highest BCUT2D eigenvalue weighted by molar-refractivity contribution is 5.64. The van der Waals surface area contributed by atoms with Gasteiger partial charge in [-0.15, -0.1) is 0 Å². The monoisotopic (exact) mass is 184 g/mol.